The van der Waals surface area contributed by atoms with Gasteiger partial charge in [-0.1, -0.05) is 43.3 Å². The van der Waals surface area contributed by atoms with Gasteiger partial charge in [0.25, 0.3) is 0 Å². The zero-order chi connectivity index (χ0) is 20.6. The van der Waals surface area contributed by atoms with E-state index in [1.807, 2.05) is 0 Å². The molecule has 158 valence electrons. The first-order chi connectivity index (χ1) is 14.1. The third-order valence-electron chi connectivity index (χ3n) is 5.98. The van der Waals surface area contributed by atoms with Crippen LogP contribution < -0.4 is 10.6 Å². The van der Waals surface area contributed by atoms with E-state index < -0.39 is 0 Å². The van der Waals surface area contributed by atoms with Crippen molar-refractivity contribution >= 4 is 5.96 Å². The molecular weight excluding hydrogens is 362 g/mol. The van der Waals surface area contributed by atoms with Crippen molar-refractivity contribution in [1.82, 2.24) is 20.7 Å². The molecule has 0 amide bonds. The highest BCUT2D eigenvalue weighted by atomic mass is 16.5. The molecule has 0 spiro atoms. The minimum absolute atomic E-state index is 0.425. The Bertz CT molecular complexity index is 796. The molecule has 1 aromatic carbocycles. The average molecular weight is 398 g/mol. The Hall–Kier alpha value is -2.34. The summed E-state index contributed by atoms with van der Waals surface area (Å²) in [6.07, 6.45) is 3.29. The van der Waals surface area contributed by atoms with Gasteiger partial charge in [0.1, 0.15) is 0 Å². The van der Waals surface area contributed by atoms with Crippen molar-refractivity contribution in [3.8, 4) is 0 Å². The van der Waals surface area contributed by atoms with Crippen LogP contribution in [-0.4, -0.2) is 42.2 Å². The van der Waals surface area contributed by atoms with Crippen molar-refractivity contribution in [1.29, 1.82) is 0 Å². The Morgan fingerprint density at radius 2 is 1.97 bits per heavy atom. The number of aromatic nitrogens is 1. The van der Waals surface area contributed by atoms with Gasteiger partial charge in [0.15, 0.2) is 11.7 Å². The number of benzene rings is 1. The second kappa shape index (κ2) is 10.4. The fourth-order valence-corrected chi connectivity index (χ4v) is 3.97. The van der Waals surface area contributed by atoms with E-state index in [9.17, 15) is 0 Å². The van der Waals surface area contributed by atoms with E-state index in [1.54, 1.807) is 7.05 Å². The maximum absolute atomic E-state index is 5.49. The number of hydrogen-bond donors (Lipinski definition) is 2. The lowest BCUT2D eigenvalue weighted by molar-refractivity contribution is 0.191. The predicted octanol–water partition coefficient (Wildman–Crippen LogP) is 3.69. The fraction of sp³-hybridized carbons (Fsp3) is 0.565. The largest absolute Gasteiger partial charge is 0.359 e. The van der Waals surface area contributed by atoms with Crippen LogP contribution in [-0.2, 0) is 19.5 Å². The molecule has 0 fully saturated rings. The molecule has 3 rings (SSSR count). The molecule has 0 saturated carbocycles. The van der Waals surface area contributed by atoms with E-state index in [1.165, 1.54) is 11.1 Å². The predicted molar refractivity (Wildman–Crippen MR) is 118 cm³/mol. The van der Waals surface area contributed by atoms with E-state index in [-0.39, 0.29) is 0 Å². The summed E-state index contributed by atoms with van der Waals surface area (Å²) < 4.78 is 5.49. The van der Waals surface area contributed by atoms with Crippen LogP contribution in [0.1, 0.15) is 62.1 Å². The quantitative estimate of drug-likeness (QED) is 0.525. The Morgan fingerprint density at radius 1 is 1.21 bits per heavy atom. The van der Waals surface area contributed by atoms with Gasteiger partial charge in [-0.05, 0) is 37.3 Å². The second-order valence-corrected chi connectivity index (χ2v) is 7.88. The molecule has 6 heteroatoms. The van der Waals surface area contributed by atoms with Crippen LogP contribution in [0.3, 0.4) is 0 Å². The van der Waals surface area contributed by atoms with E-state index in [4.69, 9.17) is 4.52 Å². The van der Waals surface area contributed by atoms with Gasteiger partial charge in [-0.25, -0.2) is 0 Å². The van der Waals surface area contributed by atoms with Gasteiger partial charge < -0.3 is 15.2 Å². The fourth-order valence-electron chi connectivity index (χ4n) is 3.97. The Kier molecular flexibility index (Phi) is 7.69. The molecule has 1 aromatic heterocycles. The summed E-state index contributed by atoms with van der Waals surface area (Å²) in [6, 6.07) is 11.3. The topological polar surface area (TPSA) is 65.7 Å². The summed E-state index contributed by atoms with van der Waals surface area (Å²) in [7, 11) is 1.80. The Labute approximate surface area is 174 Å². The molecule has 0 radical (unpaired) electrons. The number of aliphatic imine (C=N–C) groups is 1. The SMILES string of the molecule is CCC(CC)c1cc(CNC(=NC)NCC(C)N2CCc3ccccc3C2)on1. The number of nitrogens with zero attached hydrogens (tertiary/aromatic N) is 3. The number of guanidine groups is 1. The number of nitrogens with one attached hydrogen (secondary N) is 2. The highest BCUT2D eigenvalue weighted by Gasteiger charge is 2.20. The zero-order valence-electron chi connectivity index (χ0n) is 18.2. The van der Waals surface area contributed by atoms with Crippen LogP contribution in [0.25, 0.3) is 0 Å². The van der Waals surface area contributed by atoms with Crippen molar-refractivity contribution < 1.29 is 4.52 Å². The lowest BCUT2D eigenvalue weighted by atomic mass is 9.99. The zero-order valence-corrected chi connectivity index (χ0v) is 18.2. The first-order valence-corrected chi connectivity index (χ1v) is 10.8. The second-order valence-electron chi connectivity index (χ2n) is 7.88. The van der Waals surface area contributed by atoms with Crippen molar-refractivity contribution in [2.24, 2.45) is 4.99 Å². The van der Waals surface area contributed by atoms with Gasteiger partial charge >= 0.3 is 0 Å². The lowest BCUT2D eigenvalue weighted by Gasteiger charge is -2.34. The summed E-state index contributed by atoms with van der Waals surface area (Å²) in [5, 5.41) is 11.0. The molecular formula is C23H35N5O. The highest BCUT2D eigenvalue weighted by Crippen LogP contribution is 2.22. The van der Waals surface area contributed by atoms with Gasteiger partial charge in [-0.3, -0.25) is 9.89 Å². The van der Waals surface area contributed by atoms with Crippen molar-refractivity contribution in [3.63, 3.8) is 0 Å². The molecule has 0 aliphatic carbocycles. The van der Waals surface area contributed by atoms with Crippen molar-refractivity contribution in [3.05, 3.63) is 52.9 Å². The highest BCUT2D eigenvalue weighted by molar-refractivity contribution is 5.79. The minimum Gasteiger partial charge on any atom is -0.359 e. The molecule has 2 N–H and O–H groups in total. The van der Waals surface area contributed by atoms with Crippen LogP contribution in [0.4, 0.5) is 0 Å². The third-order valence-corrected chi connectivity index (χ3v) is 5.98. The maximum atomic E-state index is 5.49. The van der Waals surface area contributed by atoms with Gasteiger partial charge in [0.2, 0.25) is 0 Å². The number of fused-ring (bicyclic) bond motifs is 1. The van der Waals surface area contributed by atoms with Gasteiger partial charge in [0, 0.05) is 44.7 Å². The monoisotopic (exact) mass is 397 g/mol. The molecule has 6 nitrogen and oxygen atoms in total. The minimum atomic E-state index is 0.425. The maximum Gasteiger partial charge on any atom is 0.191 e. The summed E-state index contributed by atoms with van der Waals surface area (Å²) in [4.78, 5) is 6.87. The number of rotatable bonds is 8. The molecule has 29 heavy (non-hydrogen) atoms. The summed E-state index contributed by atoms with van der Waals surface area (Å²) in [5.41, 5.74) is 3.99. The molecule has 0 bridgehead atoms. The Balaban J connectivity index is 1.46. The first-order valence-electron chi connectivity index (χ1n) is 10.8. The van der Waals surface area contributed by atoms with E-state index >= 15 is 0 Å². The molecule has 1 aliphatic heterocycles. The normalized spacial score (nSPS) is 16.0. The average Bonchev–Trinajstić information content (AvgIpc) is 3.23. The van der Waals surface area contributed by atoms with Crippen molar-refractivity contribution in [2.75, 3.05) is 20.1 Å². The van der Waals surface area contributed by atoms with Crippen LogP contribution in [0.5, 0.6) is 0 Å². The summed E-state index contributed by atoms with van der Waals surface area (Å²) in [6.45, 7) is 10.2. The molecule has 1 aliphatic rings. The molecule has 1 atom stereocenters. The standard InChI is InChI=1S/C23H35N5O/c1-5-18(6-2)22-13-21(29-27-22)15-26-23(24-4)25-14-17(3)28-12-11-19-9-7-8-10-20(19)16-28/h7-10,13,17-18H,5-6,11-12,14-16H2,1-4H3,(H2,24,25,26). The molecule has 0 saturated heterocycles. The van der Waals surface area contributed by atoms with Crippen molar-refractivity contribution in [2.45, 2.75) is 65.1 Å². The number of hydrogen-bond acceptors (Lipinski definition) is 4. The van der Waals surface area contributed by atoms with Gasteiger partial charge in [0.05, 0.1) is 12.2 Å². The van der Waals surface area contributed by atoms with Crippen LogP contribution >= 0.6 is 0 Å². The Morgan fingerprint density at radius 3 is 2.69 bits per heavy atom. The van der Waals surface area contributed by atoms with E-state index in [2.05, 4.69) is 76.8 Å². The van der Waals surface area contributed by atoms with Gasteiger partial charge in [-0.2, -0.15) is 0 Å². The smallest absolute Gasteiger partial charge is 0.191 e. The van der Waals surface area contributed by atoms with E-state index in [0.717, 1.165) is 56.3 Å². The van der Waals surface area contributed by atoms with Crippen LogP contribution in [0.15, 0.2) is 39.8 Å². The molecule has 2 heterocycles. The third kappa shape index (κ3) is 5.60. The lowest BCUT2D eigenvalue weighted by Crippen LogP contribution is -2.47. The van der Waals surface area contributed by atoms with Gasteiger partial charge in [-0.15, -0.1) is 0 Å². The van der Waals surface area contributed by atoms with Crippen LogP contribution in [0.2, 0.25) is 0 Å². The summed E-state index contributed by atoms with van der Waals surface area (Å²) in [5.74, 6) is 2.10. The molecule has 1 unspecified atom stereocenters. The molecule has 2 aromatic rings. The summed E-state index contributed by atoms with van der Waals surface area (Å²) >= 11 is 0. The van der Waals surface area contributed by atoms with Crippen LogP contribution in [0, 0.1) is 0 Å². The first kappa shape index (κ1) is 21.4. The van der Waals surface area contributed by atoms with E-state index in [0.29, 0.717) is 18.5 Å².